The van der Waals surface area contributed by atoms with Gasteiger partial charge in [0.1, 0.15) is 0 Å². The monoisotopic (exact) mass is 384 g/mol. The number of aromatic nitrogens is 2. The lowest BCUT2D eigenvalue weighted by Gasteiger charge is -2.37. The molecule has 142 valence electrons. The first-order chi connectivity index (χ1) is 12.3. The molecule has 1 aliphatic heterocycles. The highest BCUT2D eigenvalue weighted by Crippen LogP contribution is 2.16. The molecule has 2 rings (SSSR count). The first-order valence-corrected chi connectivity index (χ1v) is 8.51. The summed E-state index contributed by atoms with van der Waals surface area (Å²) in [6.45, 7) is 2.50. The van der Waals surface area contributed by atoms with Gasteiger partial charge in [-0.05, 0) is 12.8 Å². The van der Waals surface area contributed by atoms with E-state index < -0.39 is 23.9 Å². The number of nitrogens with zero attached hydrogens (tertiary/aromatic N) is 2. The van der Waals surface area contributed by atoms with Gasteiger partial charge in [-0.3, -0.25) is 9.59 Å². The Morgan fingerprint density at radius 1 is 1.46 bits per heavy atom. The number of halogens is 1. The van der Waals surface area contributed by atoms with Crippen LogP contribution in [0, 0.1) is 0 Å². The maximum absolute atomic E-state index is 12.4. The summed E-state index contributed by atoms with van der Waals surface area (Å²) in [7, 11) is 1.49. The number of rotatable bonds is 6. The second-order valence-electron chi connectivity index (χ2n) is 5.81. The number of carbonyl (C=O) groups is 3. The van der Waals surface area contributed by atoms with Gasteiger partial charge in [-0.2, -0.15) is 0 Å². The highest BCUT2D eigenvalue weighted by Gasteiger charge is 2.32. The number of H-pyrrole nitrogens is 1. The summed E-state index contributed by atoms with van der Waals surface area (Å²) >= 11 is 5.95. The van der Waals surface area contributed by atoms with Crippen molar-refractivity contribution in [3.05, 3.63) is 28.8 Å². The Balaban J connectivity index is 1.99. The molecule has 0 bridgehead atoms. The number of carboxylic acid groups (broad SMARTS) is 1. The Morgan fingerprint density at radius 3 is 2.77 bits per heavy atom. The molecule has 1 aromatic rings. The Bertz CT molecular complexity index is 717. The Kier molecular flexibility index (Phi) is 6.76. The van der Waals surface area contributed by atoms with Gasteiger partial charge in [0.25, 0.3) is 5.91 Å². The van der Waals surface area contributed by atoms with Gasteiger partial charge in [0.15, 0.2) is 11.0 Å². The van der Waals surface area contributed by atoms with E-state index in [9.17, 15) is 14.4 Å². The number of piperidine rings is 1. The lowest BCUT2D eigenvalue weighted by Crippen LogP contribution is -2.55. The molecule has 0 spiro atoms. The quantitative estimate of drug-likeness (QED) is 0.617. The number of amides is 2. The van der Waals surface area contributed by atoms with Gasteiger partial charge in [-0.25, -0.2) is 9.78 Å². The van der Waals surface area contributed by atoms with E-state index >= 15 is 0 Å². The number of likely N-dealkylation sites (tertiary alicyclic amines) is 1. The molecule has 0 radical (unpaired) electrons. The molecule has 1 aromatic heterocycles. The topological polar surface area (TPSA) is 125 Å². The number of aromatic amines is 1. The van der Waals surface area contributed by atoms with Gasteiger partial charge in [0.05, 0.1) is 17.8 Å². The third-order valence-electron chi connectivity index (χ3n) is 4.16. The number of imidazole rings is 1. The van der Waals surface area contributed by atoms with E-state index in [1.807, 2.05) is 6.92 Å². The smallest absolute Gasteiger partial charge is 0.328 e. The molecule has 0 saturated carbocycles. The fourth-order valence-electron chi connectivity index (χ4n) is 2.74. The van der Waals surface area contributed by atoms with E-state index in [4.69, 9.17) is 21.4 Å². The summed E-state index contributed by atoms with van der Waals surface area (Å²) in [5.41, 5.74) is 0.686. The maximum atomic E-state index is 12.4. The molecule has 1 fully saturated rings. The van der Waals surface area contributed by atoms with E-state index in [1.165, 1.54) is 12.0 Å². The van der Waals surface area contributed by atoms with Crippen molar-refractivity contribution in [1.82, 2.24) is 20.2 Å². The molecule has 0 unspecified atom stereocenters. The zero-order valence-corrected chi connectivity index (χ0v) is 15.2. The normalized spacial score (nSPS) is 20.3. The van der Waals surface area contributed by atoms with Gasteiger partial charge in [-0.1, -0.05) is 18.5 Å². The van der Waals surface area contributed by atoms with Crippen molar-refractivity contribution in [2.24, 2.45) is 0 Å². The van der Waals surface area contributed by atoms with Crippen LogP contribution in [0.15, 0.2) is 12.2 Å². The van der Waals surface area contributed by atoms with Crippen molar-refractivity contribution in [3.63, 3.8) is 0 Å². The van der Waals surface area contributed by atoms with Gasteiger partial charge in [0, 0.05) is 32.4 Å². The summed E-state index contributed by atoms with van der Waals surface area (Å²) in [5, 5.41) is 11.7. The third kappa shape index (κ3) is 4.83. The molecule has 2 amide bonds. The number of aliphatic carboxylic acids is 1. The first kappa shape index (κ1) is 19.9. The summed E-state index contributed by atoms with van der Waals surface area (Å²) in [6, 6.07) is -0.311. The highest BCUT2D eigenvalue weighted by atomic mass is 35.5. The first-order valence-electron chi connectivity index (χ1n) is 8.13. The van der Waals surface area contributed by atoms with Gasteiger partial charge in [-0.15, -0.1) is 0 Å². The van der Waals surface area contributed by atoms with Crippen molar-refractivity contribution in [3.8, 4) is 0 Å². The van der Waals surface area contributed by atoms with E-state index in [0.29, 0.717) is 25.1 Å². The molecule has 9 nitrogen and oxygen atoms in total. The molecule has 0 aliphatic carbocycles. The maximum Gasteiger partial charge on any atom is 0.328 e. The van der Waals surface area contributed by atoms with Crippen molar-refractivity contribution in [1.29, 1.82) is 0 Å². The largest absolute Gasteiger partial charge is 0.478 e. The van der Waals surface area contributed by atoms with Crippen LogP contribution in [0.25, 0.3) is 0 Å². The molecule has 1 aliphatic rings. The number of hydrogen-bond donors (Lipinski definition) is 3. The number of hydrogen-bond acceptors (Lipinski definition) is 5. The standard InChI is InChI=1S/C16H21ClN4O5/c1-3-9-14(17)20-15(18-9)16(25)19-10-6-7-21(8-11(10)26-2)12(22)4-5-13(23)24/h4-5,10-11H,3,6-8H2,1-2H3,(H,18,20)(H,19,25)(H,23,24)/b5-4+/t10-,11+/m1/s1. The zero-order valence-electron chi connectivity index (χ0n) is 14.5. The molecule has 2 heterocycles. The molecule has 0 aromatic carbocycles. The number of carbonyl (C=O) groups excluding carboxylic acids is 2. The van der Waals surface area contributed by atoms with Crippen molar-refractivity contribution in [2.45, 2.75) is 31.9 Å². The Morgan fingerprint density at radius 2 is 2.19 bits per heavy atom. The van der Waals surface area contributed by atoms with Crippen LogP contribution in [0.3, 0.4) is 0 Å². The zero-order chi connectivity index (χ0) is 19.3. The Hall–Kier alpha value is -2.39. The lowest BCUT2D eigenvalue weighted by molar-refractivity contribution is -0.133. The fourth-order valence-corrected chi connectivity index (χ4v) is 3.00. The van der Waals surface area contributed by atoms with E-state index in [2.05, 4.69) is 15.3 Å². The number of aryl methyl sites for hydroxylation is 1. The Labute approximate surface area is 155 Å². The summed E-state index contributed by atoms with van der Waals surface area (Å²) < 4.78 is 5.39. The van der Waals surface area contributed by atoms with E-state index in [1.54, 1.807) is 0 Å². The predicted octanol–water partition coefficient (Wildman–Crippen LogP) is 0.612. The third-order valence-corrected chi connectivity index (χ3v) is 4.47. The lowest BCUT2D eigenvalue weighted by atomic mass is 10.0. The van der Waals surface area contributed by atoms with E-state index in [-0.39, 0.29) is 23.6 Å². The average Bonchev–Trinajstić information content (AvgIpc) is 3.00. The van der Waals surface area contributed by atoms with Crippen LogP contribution in [-0.4, -0.2) is 70.1 Å². The van der Waals surface area contributed by atoms with Crippen molar-refractivity contribution < 1.29 is 24.2 Å². The summed E-state index contributed by atoms with van der Waals surface area (Å²) in [6.07, 6.45) is 2.47. The minimum atomic E-state index is -1.19. The van der Waals surface area contributed by atoms with Crippen molar-refractivity contribution in [2.75, 3.05) is 20.2 Å². The van der Waals surface area contributed by atoms with Crippen LogP contribution in [0.5, 0.6) is 0 Å². The minimum Gasteiger partial charge on any atom is -0.478 e. The van der Waals surface area contributed by atoms with Crippen LogP contribution < -0.4 is 5.32 Å². The SMILES string of the molecule is CCc1[nH]c(C(=O)N[C@@H]2CCN(C(=O)/C=C/C(=O)O)C[C@@H]2OC)nc1Cl. The second kappa shape index (κ2) is 8.81. The average molecular weight is 385 g/mol. The van der Waals surface area contributed by atoms with Gasteiger partial charge < -0.3 is 25.0 Å². The van der Waals surface area contributed by atoms with Gasteiger partial charge >= 0.3 is 5.97 Å². The highest BCUT2D eigenvalue weighted by molar-refractivity contribution is 6.30. The molecule has 10 heteroatoms. The molecule has 2 atom stereocenters. The fraction of sp³-hybridized carbons (Fsp3) is 0.500. The molecular weight excluding hydrogens is 364 g/mol. The number of methoxy groups -OCH3 is 1. The van der Waals surface area contributed by atoms with Crippen LogP contribution in [0.2, 0.25) is 5.15 Å². The second-order valence-corrected chi connectivity index (χ2v) is 6.16. The van der Waals surface area contributed by atoms with Crippen LogP contribution >= 0.6 is 11.6 Å². The van der Waals surface area contributed by atoms with Crippen LogP contribution in [0.4, 0.5) is 0 Å². The summed E-state index contributed by atoms with van der Waals surface area (Å²) in [5.74, 6) is -1.87. The van der Waals surface area contributed by atoms with Crippen LogP contribution in [0.1, 0.15) is 29.7 Å². The summed E-state index contributed by atoms with van der Waals surface area (Å²) in [4.78, 5) is 43.3. The van der Waals surface area contributed by atoms with Crippen molar-refractivity contribution >= 4 is 29.4 Å². The number of ether oxygens (including phenoxy) is 1. The predicted molar refractivity (Wildman–Crippen MR) is 93.0 cm³/mol. The molecule has 3 N–H and O–H groups in total. The van der Waals surface area contributed by atoms with Crippen LogP contribution in [-0.2, 0) is 20.7 Å². The molecule has 26 heavy (non-hydrogen) atoms. The van der Waals surface area contributed by atoms with E-state index in [0.717, 1.165) is 12.2 Å². The van der Waals surface area contributed by atoms with Gasteiger partial charge in [0.2, 0.25) is 5.91 Å². The number of carboxylic acids is 1. The molecule has 1 saturated heterocycles. The molecular formula is C16H21ClN4O5. The minimum absolute atomic E-state index is 0.129. The number of nitrogens with one attached hydrogen (secondary N) is 2.